The number of carbonyl (C=O) groups is 1. The van der Waals surface area contributed by atoms with Crippen LogP contribution in [0, 0.1) is 20.2 Å². The number of hydrogen-bond donors (Lipinski definition) is 0. The summed E-state index contributed by atoms with van der Waals surface area (Å²) in [5, 5.41) is 21.8. The number of hydrogen-bond acceptors (Lipinski definition) is 7. The molecule has 0 aliphatic rings. The van der Waals surface area contributed by atoms with Gasteiger partial charge in [-0.05, 0) is 30.3 Å². The molecular weight excluding hydrogens is 396 g/mol. The highest BCUT2D eigenvalue weighted by Gasteiger charge is 2.17. The van der Waals surface area contributed by atoms with E-state index in [-0.39, 0.29) is 18.0 Å². The van der Waals surface area contributed by atoms with Crippen LogP contribution in [0.25, 0.3) is 0 Å². The molecule has 0 unspecified atom stereocenters. The van der Waals surface area contributed by atoms with Gasteiger partial charge in [0.15, 0.2) is 0 Å². The van der Waals surface area contributed by atoms with Crippen LogP contribution >= 0.6 is 11.8 Å². The van der Waals surface area contributed by atoms with E-state index >= 15 is 0 Å². The molecule has 0 amide bonds. The minimum Gasteiger partial charge on any atom is -0.457 e. The van der Waals surface area contributed by atoms with Crippen molar-refractivity contribution in [2.45, 2.75) is 16.4 Å². The second-order valence-corrected chi connectivity index (χ2v) is 6.93. The molecule has 146 valence electrons. The number of benzene rings is 3. The summed E-state index contributed by atoms with van der Waals surface area (Å²) in [5.74, 6) is -0.617. The molecule has 0 radical (unpaired) electrons. The van der Waals surface area contributed by atoms with Gasteiger partial charge in [-0.1, -0.05) is 36.0 Å². The van der Waals surface area contributed by atoms with Crippen molar-refractivity contribution in [3.8, 4) is 0 Å². The third-order valence-corrected chi connectivity index (χ3v) is 5.01. The lowest BCUT2D eigenvalue weighted by Crippen LogP contribution is -2.07. The number of esters is 1. The fourth-order valence-corrected chi connectivity index (χ4v) is 3.45. The maximum atomic E-state index is 12.6. The van der Waals surface area contributed by atoms with Crippen molar-refractivity contribution in [1.82, 2.24) is 0 Å². The third kappa shape index (κ3) is 4.96. The Hall–Kier alpha value is -3.72. The van der Waals surface area contributed by atoms with Gasteiger partial charge in [0.25, 0.3) is 11.4 Å². The van der Waals surface area contributed by atoms with Crippen LogP contribution in [0.2, 0.25) is 0 Å². The molecule has 3 aromatic rings. The van der Waals surface area contributed by atoms with Gasteiger partial charge in [0, 0.05) is 28.0 Å². The van der Waals surface area contributed by atoms with Gasteiger partial charge in [-0.3, -0.25) is 20.2 Å². The average Bonchev–Trinajstić information content (AvgIpc) is 2.73. The van der Waals surface area contributed by atoms with Gasteiger partial charge in [0.1, 0.15) is 6.61 Å². The van der Waals surface area contributed by atoms with E-state index < -0.39 is 15.8 Å². The van der Waals surface area contributed by atoms with E-state index in [1.54, 1.807) is 48.5 Å². The zero-order valence-electron chi connectivity index (χ0n) is 14.9. The van der Waals surface area contributed by atoms with Crippen LogP contribution in [0.5, 0.6) is 0 Å². The zero-order chi connectivity index (χ0) is 20.8. The molecule has 0 heterocycles. The predicted molar refractivity (Wildman–Crippen MR) is 106 cm³/mol. The van der Waals surface area contributed by atoms with E-state index in [9.17, 15) is 25.0 Å². The van der Waals surface area contributed by atoms with E-state index in [1.165, 1.54) is 36.0 Å². The normalized spacial score (nSPS) is 10.3. The highest BCUT2D eigenvalue weighted by atomic mass is 32.2. The van der Waals surface area contributed by atoms with Gasteiger partial charge < -0.3 is 4.74 Å². The highest BCUT2D eigenvalue weighted by molar-refractivity contribution is 7.99. The Balaban J connectivity index is 1.75. The van der Waals surface area contributed by atoms with E-state index in [1.807, 2.05) is 0 Å². The summed E-state index contributed by atoms with van der Waals surface area (Å²) in [4.78, 5) is 34.7. The van der Waals surface area contributed by atoms with Gasteiger partial charge >= 0.3 is 5.97 Å². The molecule has 0 saturated heterocycles. The van der Waals surface area contributed by atoms with Crippen molar-refractivity contribution in [3.63, 3.8) is 0 Å². The van der Waals surface area contributed by atoms with Crippen LogP contribution in [0.4, 0.5) is 11.4 Å². The Morgan fingerprint density at radius 2 is 1.52 bits per heavy atom. The number of carbonyl (C=O) groups excluding carboxylic acids is 1. The first-order valence-electron chi connectivity index (χ1n) is 8.36. The van der Waals surface area contributed by atoms with Crippen molar-refractivity contribution in [3.05, 3.63) is 104 Å². The van der Waals surface area contributed by atoms with Crippen LogP contribution < -0.4 is 0 Å². The number of non-ortho nitro benzene ring substituents is 1. The number of ether oxygens (including phenoxy) is 1. The Morgan fingerprint density at radius 3 is 2.21 bits per heavy atom. The molecule has 3 rings (SSSR count). The summed E-state index contributed by atoms with van der Waals surface area (Å²) < 4.78 is 5.29. The van der Waals surface area contributed by atoms with Crippen LogP contribution in [0.15, 0.2) is 82.6 Å². The minimum atomic E-state index is -0.617. The lowest BCUT2D eigenvalue weighted by Gasteiger charge is -2.10. The smallest absolute Gasteiger partial charge is 0.339 e. The Morgan fingerprint density at radius 1 is 0.862 bits per heavy atom. The monoisotopic (exact) mass is 410 g/mol. The van der Waals surface area contributed by atoms with Crippen LogP contribution in [-0.4, -0.2) is 15.8 Å². The molecule has 0 aliphatic heterocycles. The summed E-state index contributed by atoms with van der Waals surface area (Å²) in [7, 11) is 0. The number of rotatable bonds is 7. The number of para-hydroxylation sites is 1. The predicted octanol–water partition coefficient (Wildman–Crippen LogP) is 5.01. The summed E-state index contributed by atoms with van der Waals surface area (Å²) in [6, 6.07) is 18.8. The first-order chi connectivity index (χ1) is 14.0. The van der Waals surface area contributed by atoms with Crippen molar-refractivity contribution < 1.29 is 19.4 Å². The van der Waals surface area contributed by atoms with Gasteiger partial charge in [0.05, 0.1) is 21.0 Å². The summed E-state index contributed by atoms with van der Waals surface area (Å²) in [6.45, 7) is -0.230. The highest BCUT2D eigenvalue weighted by Crippen LogP contribution is 2.32. The molecule has 0 spiro atoms. The molecule has 0 atom stereocenters. The fourth-order valence-electron chi connectivity index (χ4n) is 2.52. The van der Waals surface area contributed by atoms with E-state index in [0.717, 1.165) is 4.90 Å². The fraction of sp³-hybridized carbons (Fsp3) is 0.0500. The molecule has 29 heavy (non-hydrogen) atoms. The Labute approximate surface area is 169 Å². The molecule has 3 aromatic carbocycles. The van der Waals surface area contributed by atoms with Gasteiger partial charge in [-0.15, -0.1) is 0 Å². The van der Waals surface area contributed by atoms with Gasteiger partial charge in [-0.2, -0.15) is 0 Å². The van der Waals surface area contributed by atoms with E-state index in [0.29, 0.717) is 16.0 Å². The molecule has 0 aromatic heterocycles. The summed E-state index contributed by atoms with van der Waals surface area (Å²) in [5.41, 5.74) is 0.459. The summed E-state index contributed by atoms with van der Waals surface area (Å²) in [6.07, 6.45) is 0. The average molecular weight is 410 g/mol. The minimum absolute atomic E-state index is 0.0218. The Kier molecular flexibility index (Phi) is 6.20. The van der Waals surface area contributed by atoms with E-state index in [4.69, 9.17) is 4.74 Å². The summed E-state index contributed by atoms with van der Waals surface area (Å²) >= 11 is 1.26. The molecule has 0 fully saturated rings. The standard InChI is InChI=1S/C20H14N2O6S/c23-20(28-13-14-5-1-3-7-18(14)22(26)27)17-6-2-4-8-19(17)29-16-11-9-15(10-12-16)21(24)25/h1-12H,13H2. The van der Waals surface area contributed by atoms with Crippen LogP contribution in [0.3, 0.4) is 0 Å². The van der Waals surface area contributed by atoms with Crippen molar-refractivity contribution in [1.29, 1.82) is 0 Å². The maximum Gasteiger partial charge on any atom is 0.339 e. The van der Waals surface area contributed by atoms with E-state index in [2.05, 4.69) is 0 Å². The molecule has 8 nitrogen and oxygen atoms in total. The first kappa shape index (κ1) is 20.0. The quantitative estimate of drug-likeness (QED) is 0.305. The van der Waals surface area contributed by atoms with Crippen molar-refractivity contribution >= 4 is 29.1 Å². The number of nitro benzene ring substituents is 2. The zero-order valence-corrected chi connectivity index (χ0v) is 15.7. The maximum absolute atomic E-state index is 12.6. The molecule has 9 heteroatoms. The van der Waals surface area contributed by atoms with Gasteiger partial charge in [-0.25, -0.2) is 4.79 Å². The number of nitrogens with zero attached hydrogens (tertiary/aromatic N) is 2. The van der Waals surface area contributed by atoms with Crippen molar-refractivity contribution in [2.75, 3.05) is 0 Å². The Bertz CT molecular complexity index is 1070. The molecule has 0 N–H and O–H groups in total. The SMILES string of the molecule is O=C(OCc1ccccc1[N+](=O)[O-])c1ccccc1Sc1ccc([N+](=O)[O-])cc1. The largest absolute Gasteiger partial charge is 0.457 e. The van der Waals surface area contributed by atoms with Crippen LogP contribution in [0.1, 0.15) is 15.9 Å². The number of nitro groups is 2. The second-order valence-electron chi connectivity index (χ2n) is 5.81. The molecule has 0 saturated carbocycles. The van der Waals surface area contributed by atoms with Gasteiger partial charge in [0.2, 0.25) is 0 Å². The lowest BCUT2D eigenvalue weighted by atomic mass is 10.2. The topological polar surface area (TPSA) is 113 Å². The first-order valence-corrected chi connectivity index (χ1v) is 9.18. The second kappa shape index (κ2) is 8.98. The third-order valence-electron chi connectivity index (χ3n) is 3.93. The van der Waals surface area contributed by atoms with Crippen LogP contribution in [-0.2, 0) is 11.3 Å². The molecular formula is C20H14N2O6S. The van der Waals surface area contributed by atoms with Crippen molar-refractivity contribution in [2.24, 2.45) is 0 Å². The lowest BCUT2D eigenvalue weighted by molar-refractivity contribution is -0.385. The molecule has 0 bridgehead atoms. The molecule has 0 aliphatic carbocycles.